The molecule has 0 saturated heterocycles. The number of hydrogen-bond acceptors (Lipinski definition) is 3. The second-order valence-electron chi connectivity index (χ2n) is 5.15. The number of hydrogen-bond donors (Lipinski definition) is 2. The van der Waals surface area contributed by atoms with Gasteiger partial charge >= 0.3 is 0 Å². The Hall–Kier alpha value is -1.69. The molecule has 3 nitrogen and oxygen atoms in total. The average molecular weight is 217 g/mol. The van der Waals surface area contributed by atoms with Crippen molar-refractivity contribution < 1.29 is 0 Å². The maximum Gasteiger partial charge on any atom is 0.0992 e. The highest BCUT2D eigenvalue weighted by atomic mass is 14.9. The summed E-state index contributed by atoms with van der Waals surface area (Å²) < 4.78 is 0. The summed E-state index contributed by atoms with van der Waals surface area (Å²) in [6.45, 7) is 7.46. The molecule has 1 aromatic rings. The zero-order valence-electron chi connectivity index (χ0n) is 10.2. The molecule has 0 heterocycles. The van der Waals surface area contributed by atoms with Gasteiger partial charge in [0, 0.05) is 6.54 Å². The Morgan fingerprint density at radius 2 is 2.06 bits per heavy atom. The van der Waals surface area contributed by atoms with E-state index in [0.29, 0.717) is 16.7 Å². The second kappa shape index (κ2) is 4.89. The van der Waals surface area contributed by atoms with Crippen molar-refractivity contribution in [2.24, 2.45) is 5.41 Å². The molecule has 3 N–H and O–H groups in total. The highest BCUT2D eigenvalue weighted by Gasteiger charge is 2.09. The van der Waals surface area contributed by atoms with Crippen LogP contribution in [0.3, 0.4) is 0 Å². The van der Waals surface area contributed by atoms with E-state index in [9.17, 15) is 0 Å². The van der Waals surface area contributed by atoms with E-state index in [4.69, 9.17) is 11.0 Å². The summed E-state index contributed by atoms with van der Waals surface area (Å²) in [5.41, 5.74) is 8.29. The van der Waals surface area contributed by atoms with E-state index in [1.54, 1.807) is 18.2 Å². The van der Waals surface area contributed by atoms with E-state index in [-0.39, 0.29) is 0 Å². The molecule has 0 bridgehead atoms. The molecule has 0 radical (unpaired) electrons. The van der Waals surface area contributed by atoms with Gasteiger partial charge in [-0.1, -0.05) is 20.8 Å². The Bertz CT molecular complexity index is 397. The van der Waals surface area contributed by atoms with Gasteiger partial charge in [0.1, 0.15) is 0 Å². The summed E-state index contributed by atoms with van der Waals surface area (Å²) in [7, 11) is 0. The molecule has 0 unspecified atom stereocenters. The zero-order chi connectivity index (χ0) is 12.2. The Kier molecular flexibility index (Phi) is 3.78. The lowest BCUT2D eigenvalue weighted by Gasteiger charge is -2.19. The topological polar surface area (TPSA) is 61.8 Å². The molecular weight excluding hydrogens is 198 g/mol. The van der Waals surface area contributed by atoms with Crippen molar-refractivity contribution in [2.75, 3.05) is 17.6 Å². The van der Waals surface area contributed by atoms with Gasteiger partial charge in [-0.25, -0.2) is 0 Å². The number of anilines is 2. The van der Waals surface area contributed by atoms with E-state index in [1.807, 2.05) is 0 Å². The van der Waals surface area contributed by atoms with Gasteiger partial charge in [-0.05, 0) is 30.0 Å². The number of nitrogens with zero attached hydrogens (tertiary/aromatic N) is 1. The molecule has 86 valence electrons. The first-order valence-electron chi connectivity index (χ1n) is 5.46. The SMILES string of the molecule is CC(C)(C)CCNc1cc(C#N)ccc1N. The van der Waals surface area contributed by atoms with Crippen LogP contribution in [0, 0.1) is 16.7 Å². The molecule has 1 aromatic carbocycles. The van der Waals surface area contributed by atoms with Gasteiger partial charge in [-0.2, -0.15) is 5.26 Å². The van der Waals surface area contributed by atoms with Crippen molar-refractivity contribution in [3.63, 3.8) is 0 Å². The van der Waals surface area contributed by atoms with E-state index in [0.717, 1.165) is 18.7 Å². The van der Waals surface area contributed by atoms with Crippen LogP contribution >= 0.6 is 0 Å². The fourth-order valence-electron chi connectivity index (χ4n) is 1.35. The van der Waals surface area contributed by atoms with Crippen LogP contribution in [0.15, 0.2) is 18.2 Å². The molecule has 0 saturated carbocycles. The van der Waals surface area contributed by atoms with Crippen LogP contribution < -0.4 is 11.1 Å². The number of benzene rings is 1. The van der Waals surface area contributed by atoms with Gasteiger partial charge in [0.25, 0.3) is 0 Å². The first-order chi connectivity index (χ1) is 7.42. The minimum atomic E-state index is 0.300. The monoisotopic (exact) mass is 217 g/mol. The number of rotatable bonds is 3. The predicted octanol–water partition coefficient (Wildman–Crippen LogP) is 2.99. The molecule has 0 fully saturated rings. The smallest absolute Gasteiger partial charge is 0.0992 e. The lowest BCUT2D eigenvalue weighted by atomic mass is 9.92. The van der Waals surface area contributed by atoms with Crippen LogP contribution in [0.25, 0.3) is 0 Å². The van der Waals surface area contributed by atoms with Crippen molar-refractivity contribution in [1.29, 1.82) is 5.26 Å². The maximum atomic E-state index is 8.79. The summed E-state index contributed by atoms with van der Waals surface area (Å²) in [5.74, 6) is 0. The molecule has 0 aliphatic heterocycles. The summed E-state index contributed by atoms with van der Waals surface area (Å²) in [6, 6.07) is 7.38. The fourth-order valence-corrected chi connectivity index (χ4v) is 1.35. The van der Waals surface area contributed by atoms with E-state index >= 15 is 0 Å². The number of nitrogens with two attached hydrogens (primary N) is 1. The van der Waals surface area contributed by atoms with Crippen molar-refractivity contribution in [3.8, 4) is 6.07 Å². The summed E-state index contributed by atoms with van der Waals surface area (Å²) in [6.07, 6.45) is 1.06. The summed E-state index contributed by atoms with van der Waals surface area (Å²) in [4.78, 5) is 0. The lowest BCUT2D eigenvalue weighted by molar-refractivity contribution is 0.390. The van der Waals surface area contributed by atoms with Gasteiger partial charge in [-0.3, -0.25) is 0 Å². The minimum absolute atomic E-state index is 0.300. The molecule has 0 aliphatic rings. The van der Waals surface area contributed by atoms with Crippen molar-refractivity contribution in [2.45, 2.75) is 27.2 Å². The second-order valence-corrected chi connectivity index (χ2v) is 5.15. The first kappa shape index (κ1) is 12.4. The quantitative estimate of drug-likeness (QED) is 0.765. The molecule has 0 amide bonds. The third-order valence-corrected chi connectivity index (χ3v) is 2.37. The maximum absolute atomic E-state index is 8.79. The largest absolute Gasteiger partial charge is 0.397 e. The molecule has 0 aromatic heterocycles. The van der Waals surface area contributed by atoms with Gasteiger partial charge in [-0.15, -0.1) is 0 Å². The zero-order valence-corrected chi connectivity index (χ0v) is 10.2. The number of nitrogens with one attached hydrogen (secondary N) is 1. The number of nitrogen functional groups attached to an aromatic ring is 1. The third-order valence-electron chi connectivity index (χ3n) is 2.37. The summed E-state index contributed by atoms with van der Waals surface area (Å²) >= 11 is 0. The van der Waals surface area contributed by atoms with Crippen LogP contribution in [-0.4, -0.2) is 6.54 Å². The van der Waals surface area contributed by atoms with Crippen LogP contribution in [0.1, 0.15) is 32.8 Å². The van der Waals surface area contributed by atoms with Gasteiger partial charge in [0.15, 0.2) is 0 Å². The van der Waals surface area contributed by atoms with Gasteiger partial charge < -0.3 is 11.1 Å². The van der Waals surface area contributed by atoms with Crippen LogP contribution in [0.2, 0.25) is 0 Å². The standard InChI is InChI=1S/C13H19N3/c1-13(2,3)6-7-16-12-8-10(9-14)4-5-11(12)15/h4-5,8,16H,6-7,15H2,1-3H3. The Balaban J connectivity index is 2.64. The third kappa shape index (κ3) is 3.82. The van der Waals surface area contributed by atoms with Crippen LogP contribution in [0.4, 0.5) is 11.4 Å². The summed E-state index contributed by atoms with van der Waals surface area (Å²) in [5, 5.41) is 12.1. The molecule has 1 rings (SSSR count). The minimum Gasteiger partial charge on any atom is -0.397 e. The van der Waals surface area contributed by atoms with E-state index in [2.05, 4.69) is 32.2 Å². The average Bonchev–Trinajstić information content (AvgIpc) is 2.19. The van der Waals surface area contributed by atoms with Gasteiger partial charge in [0.05, 0.1) is 23.0 Å². The highest BCUT2D eigenvalue weighted by molar-refractivity contribution is 5.68. The van der Waals surface area contributed by atoms with Gasteiger partial charge in [0.2, 0.25) is 0 Å². The molecule has 3 heteroatoms. The van der Waals surface area contributed by atoms with E-state index < -0.39 is 0 Å². The Morgan fingerprint density at radius 1 is 1.38 bits per heavy atom. The molecule has 0 atom stereocenters. The molecule has 0 spiro atoms. The highest BCUT2D eigenvalue weighted by Crippen LogP contribution is 2.22. The van der Waals surface area contributed by atoms with Crippen LogP contribution in [-0.2, 0) is 0 Å². The van der Waals surface area contributed by atoms with Crippen LogP contribution in [0.5, 0.6) is 0 Å². The first-order valence-corrected chi connectivity index (χ1v) is 5.46. The predicted molar refractivity (Wildman–Crippen MR) is 68.1 cm³/mol. The molecular formula is C13H19N3. The fraction of sp³-hybridized carbons (Fsp3) is 0.462. The molecule has 16 heavy (non-hydrogen) atoms. The Morgan fingerprint density at radius 3 is 2.62 bits per heavy atom. The normalized spacial score (nSPS) is 10.9. The van der Waals surface area contributed by atoms with Crippen molar-refractivity contribution in [3.05, 3.63) is 23.8 Å². The Labute approximate surface area is 97.3 Å². The van der Waals surface area contributed by atoms with Crippen molar-refractivity contribution in [1.82, 2.24) is 0 Å². The van der Waals surface area contributed by atoms with Crippen molar-refractivity contribution >= 4 is 11.4 Å². The number of nitriles is 1. The lowest BCUT2D eigenvalue weighted by Crippen LogP contribution is -2.13. The molecule has 0 aliphatic carbocycles. The van der Waals surface area contributed by atoms with E-state index in [1.165, 1.54) is 0 Å².